The van der Waals surface area contributed by atoms with E-state index in [-0.39, 0.29) is 47.1 Å². The van der Waals surface area contributed by atoms with E-state index < -0.39 is 68.0 Å². The van der Waals surface area contributed by atoms with E-state index in [1.807, 2.05) is 0 Å². The Hall–Kier alpha value is -3.24. The molecule has 9 N–H and O–H groups in total. The minimum Gasteiger partial charge on any atom is -0.396 e. The van der Waals surface area contributed by atoms with Gasteiger partial charge in [0, 0.05) is 6.61 Å². The molecular formula is C21H27N10O10PS. The summed E-state index contributed by atoms with van der Waals surface area (Å²) in [6.07, 6.45) is -6.72. The zero-order chi connectivity index (χ0) is 30.6. The zero-order valence-corrected chi connectivity index (χ0v) is 23.7. The summed E-state index contributed by atoms with van der Waals surface area (Å²) in [5, 5.41) is 41.7. The van der Waals surface area contributed by atoms with Crippen LogP contribution in [0.2, 0.25) is 0 Å². The number of ether oxygens (including phenoxy) is 2. The Morgan fingerprint density at radius 1 is 0.977 bits per heavy atom. The lowest BCUT2D eigenvalue weighted by Crippen LogP contribution is -2.35. The maximum absolute atomic E-state index is 13.4. The second kappa shape index (κ2) is 11.4. The molecule has 0 aromatic carbocycles. The summed E-state index contributed by atoms with van der Waals surface area (Å²) < 4.78 is 38.7. The first-order chi connectivity index (χ1) is 20.5. The van der Waals surface area contributed by atoms with Crippen LogP contribution >= 0.6 is 19.0 Å². The number of aromatic amines is 1. The number of aliphatic hydroxyl groups excluding tert-OH is 4. The van der Waals surface area contributed by atoms with E-state index in [2.05, 4.69) is 42.2 Å². The van der Waals surface area contributed by atoms with Gasteiger partial charge in [-0.15, -0.1) is 0 Å². The molecular weight excluding hydrogens is 615 g/mol. The summed E-state index contributed by atoms with van der Waals surface area (Å²) in [7, 11) is 0. The van der Waals surface area contributed by atoms with Gasteiger partial charge in [-0.1, -0.05) is 12.2 Å². The van der Waals surface area contributed by atoms with Crippen molar-refractivity contribution in [2.45, 2.75) is 55.5 Å². The van der Waals surface area contributed by atoms with Crippen molar-refractivity contribution in [1.82, 2.24) is 39.0 Å². The average molecular weight is 643 g/mol. The Morgan fingerprint density at radius 3 is 2.42 bits per heavy atom. The van der Waals surface area contributed by atoms with Gasteiger partial charge in [0.1, 0.15) is 42.4 Å². The van der Waals surface area contributed by atoms with Crippen LogP contribution in [-0.4, -0.2) is 109 Å². The lowest BCUT2D eigenvalue weighted by atomic mass is 10.1. The first-order valence-corrected chi connectivity index (χ1v) is 15.5. The van der Waals surface area contributed by atoms with Crippen molar-refractivity contribution in [2.24, 2.45) is 0 Å². The number of nitrogen functional groups attached to an aromatic ring is 2. The third kappa shape index (κ3) is 5.37. The smallest absolute Gasteiger partial charge is 0.386 e. The van der Waals surface area contributed by atoms with Crippen LogP contribution in [0.4, 0.5) is 11.8 Å². The highest BCUT2D eigenvalue weighted by Gasteiger charge is 2.50. The normalized spacial score (nSPS) is 30.8. The van der Waals surface area contributed by atoms with Crippen molar-refractivity contribution in [3.63, 3.8) is 0 Å². The number of rotatable bonds is 9. The maximum atomic E-state index is 13.4. The highest BCUT2D eigenvalue weighted by molar-refractivity contribution is 8.44. The summed E-state index contributed by atoms with van der Waals surface area (Å²) in [4.78, 5) is 34.7. The predicted octanol–water partition coefficient (Wildman–Crippen LogP) is -2.18. The quantitative estimate of drug-likeness (QED) is 0.0711. The van der Waals surface area contributed by atoms with Gasteiger partial charge in [-0.05, 0) is 6.42 Å². The van der Waals surface area contributed by atoms with Crippen LogP contribution in [0.3, 0.4) is 0 Å². The molecule has 20 nitrogen and oxygen atoms in total. The molecule has 6 heterocycles. The monoisotopic (exact) mass is 642 g/mol. The molecule has 0 bridgehead atoms. The lowest BCUT2D eigenvalue weighted by Gasteiger charge is -2.25. The van der Waals surface area contributed by atoms with Gasteiger partial charge in [0.25, 0.3) is 5.56 Å². The number of anilines is 2. The van der Waals surface area contributed by atoms with Crippen LogP contribution in [0.15, 0.2) is 23.8 Å². The summed E-state index contributed by atoms with van der Waals surface area (Å²) in [6.45, 7) is -5.26. The Bertz CT molecular complexity index is 1750. The number of hydrogen-bond donors (Lipinski definition) is 8. The molecule has 9 atom stereocenters. The second-order valence-corrected chi connectivity index (χ2v) is 12.7. The molecule has 0 aliphatic carbocycles. The van der Waals surface area contributed by atoms with Crippen molar-refractivity contribution >= 4 is 53.1 Å². The van der Waals surface area contributed by atoms with Crippen LogP contribution in [0.25, 0.3) is 22.3 Å². The van der Waals surface area contributed by atoms with Crippen molar-refractivity contribution in [3.8, 4) is 0 Å². The molecule has 6 rings (SSSR count). The number of nitrogens with zero attached hydrogens (tertiary/aromatic N) is 7. The molecule has 2 fully saturated rings. The van der Waals surface area contributed by atoms with E-state index in [0.717, 1.165) is 0 Å². The SMILES string of the molecule is Nc1nc2c(ncn2[C@@H]2O[C@H](CCO)[C@@H](O)[C@H]2OP(=O)(S)OCC2O[C@@H](n3cnc4c(N)ncnc43)[C@H](O)[C@@H]2O)c(=O)[nH]1. The minimum atomic E-state index is -4.35. The number of hydrogen-bond acceptors (Lipinski definition) is 17. The topological polar surface area (TPSA) is 294 Å². The Kier molecular flexibility index (Phi) is 7.87. The molecule has 0 spiro atoms. The molecule has 2 unspecified atom stereocenters. The number of H-pyrrole nitrogens is 1. The number of thiol groups is 1. The van der Waals surface area contributed by atoms with Gasteiger partial charge in [-0.25, -0.2) is 24.5 Å². The fourth-order valence-electron chi connectivity index (χ4n) is 5.06. The fourth-order valence-corrected chi connectivity index (χ4v) is 6.51. The van der Waals surface area contributed by atoms with Gasteiger partial charge >= 0.3 is 6.80 Å². The van der Waals surface area contributed by atoms with Crippen LogP contribution < -0.4 is 17.0 Å². The van der Waals surface area contributed by atoms with Crippen LogP contribution in [0.5, 0.6) is 0 Å². The largest absolute Gasteiger partial charge is 0.396 e. The maximum Gasteiger partial charge on any atom is 0.386 e. The van der Waals surface area contributed by atoms with Crippen LogP contribution in [0.1, 0.15) is 18.9 Å². The van der Waals surface area contributed by atoms with E-state index in [9.17, 15) is 29.8 Å². The molecule has 2 saturated heterocycles. The van der Waals surface area contributed by atoms with Gasteiger partial charge in [-0.3, -0.25) is 28.0 Å². The number of aromatic nitrogens is 8. The van der Waals surface area contributed by atoms with Gasteiger partial charge in [0.05, 0.1) is 25.4 Å². The molecule has 0 amide bonds. The number of fused-ring (bicyclic) bond motifs is 2. The number of nitrogens with one attached hydrogen (secondary N) is 1. The summed E-state index contributed by atoms with van der Waals surface area (Å²) >= 11 is 4.03. The van der Waals surface area contributed by atoms with Gasteiger partial charge < -0.3 is 41.4 Å². The van der Waals surface area contributed by atoms with Crippen molar-refractivity contribution in [1.29, 1.82) is 0 Å². The molecule has 4 aromatic rings. The van der Waals surface area contributed by atoms with E-state index in [4.69, 9.17) is 30.0 Å². The molecule has 0 radical (unpaired) electrons. The zero-order valence-electron chi connectivity index (χ0n) is 21.9. The minimum absolute atomic E-state index is 0.00632. The van der Waals surface area contributed by atoms with E-state index in [1.54, 1.807) is 0 Å². The third-order valence-electron chi connectivity index (χ3n) is 7.11. The molecule has 2 aliphatic heterocycles. The lowest BCUT2D eigenvalue weighted by molar-refractivity contribution is -0.0531. The first kappa shape index (κ1) is 29.8. The highest BCUT2D eigenvalue weighted by Crippen LogP contribution is 2.57. The van der Waals surface area contributed by atoms with Gasteiger partial charge in [0.2, 0.25) is 5.95 Å². The Labute approximate surface area is 245 Å². The standard InChI is InChI=1S/C21H27N10O10PS/c22-15-9-16(25-4-24-15)30(5-26-9)19-13(35)11(33)8(40-19)3-38-42(37,43)41-14-12(34)7(1-2-32)39-20(14)31-6-27-10-17(31)28-21(23)29-18(10)36/h4-8,11-14,19-20,32-35H,1-3H2,(H,37,43)(H2,22,24,25)(H3,23,28,29,36)/t7-,8?,11-,12-,13-,14-,19-,20-,42?/m1/s1. The molecule has 43 heavy (non-hydrogen) atoms. The van der Waals surface area contributed by atoms with Crippen molar-refractivity contribution in [3.05, 3.63) is 29.3 Å². The van der Waals surface area contributed by atoms with Crippen LogP contribution in [-0.2, 0) is 23.1 Å². The number of nitrogens with two attached hydrogens (primary N) is 2. The predicted molar refractivity (Wildman–Crippen MR) is 147 cm³/mol. The Balaban J connectivity index is 1.19. The second-order valence-electron chi connectivity index (χ2n) is 9.81. The molecule has 22 heteroatoms. The number of aliphatic hydroxyl groups is 4. The fraction of sp³-hybridized carbons (Fsp3) is 0.524. The van der Waals surface area contributed by atoms with E-state index in [0.29, 0.717) is 0 Å². The highest BCUT2D eigenvalue weighted by atomic mass is 32.7. The van der Waals surface area contributed by atoms with Gasteiger partial charge in [0.15, 0.2) is 35.1 Å². The van der Waals surface area contributed by atoms with E-state index >= 15 is 0 Å². The van der Waals surface area contributed by atoms with Crippen molar-refractivity contribution < 1.29 is 43.5 Å². The van der Waals surface area contributed by atoms with E-state index in [1.165, 1.54) is 28.1 Å². The summed E-state index contributed by atoms with van der Waals surface area (Å²) in [5.41, 5.74) is 11.3. The number of imidazole rings is 2. The molecule has 4 aromatic heterocycles. The Morgan fingerprint density at radius 2 is 1.67 bits per heavy atom. The van der Waals surface area contributed by atoms with Crippen LogP contribution in [0, 0.1) is 0 Å². The summed E-state index contributed by atoms with van der Waals surface area (Å²) in [6, 6.07) is 0. The average Bonchev–Trinajstić information content (AvgIpc) is 3.71. The molecule has 232 valence electrons. The molecule has 2 aliphatic rings. The third-order valence-corrected chi connectivity index (χ3v) is 8.72. The van der Waals surface area contributed by atoms with Crippen molar-refractivity contribution in [2.75, 3.05) is 24.7 Å². The van der Waals surface area contributed by atoms with Gasteiger partial charge in [-0.2, -0.15) is 4.98 Å². The summed E-state index contributed by atoms with van der Waals surface area (Å²) in [5.74, 6) is -0.0993. The molecule has 0 saturated carbocycles. The first-order valence-electron chi connectivity index (χ1n) is 12.8.